The molecule has 0 radical (unpaired) electrons. The van der Waals surface area contributed by atoms with E-state index in [1.807, 2.05) is 13.8 Å². The summed E-state index contributed by atoms with van der Waals surface area (Å²) < 4.78 is 0. The summed E-state index contributed by atoms with van der Waals surface area (Å²) in [7, 11) is 0. The van der Waals surface area contributed by atoms with E-state index in [2.05, 4.69) is 16.0 Å². The summed E-state index contributed by atoms with van der Waals surface area (Å²) >= 11 is 0. The van der Waals surface area contributed by atoms with Crippen LogP contribution in [0.25, 0.3) is 0 Å². The van der Waals surface area contributed by atoms with Crippen molar-refractivity contribution in [2.24, 2.45) is 23.1 Å². The van der Waals surface area contributed by atoms with E-state index in [1.54, 1.807) is 0 Å². The van der Waals surface area contributed by atoms with E-state index in [0.717, 1.165) is 6.42 Å². The van der Waals surface area contributed by atoms with Crippen LogP contribution < -0.4 is 33.2 Å². The van der Waals surface area contributed by atoms with E-state index in [4.69, 9.17) is 22.3 Å². The van der Waals surface area contributed by atoms with Crippen LogP contribution in [0.2, 0.25) is 0 Å². The Balaban J connectivity index is 5.14. The summed E-state index contributed by atoms with van der Waals surface area (Å²) in [5.41, 5.74) is 16.9. The highest BCUT2D eigenvalue weighted by Crippen LogP contribution is 2.08. The fourth-order valence-corrected chi connectivity index (χ4v) is 2.94. The number of carbonyl (C=O) groups is 4. The fourth-order valence-electron chi connectivity index (χ4n) is 2.94. The lowest BCUT2D eigenvalue weighted by atomic mass is 10.0. The molecule has 0 saturated carbocycles. The third kappa shape index (κ3) is 13.6. The number of carboxylic acids is 1. The molecular formula is C20H40N6O5. The van der Waals surface area contributed by atoms with Crippen molar-refractivity contribution < 1.29 is 24.3 Å². The molecule has 0 aliphatic carbocycles. The van der Waals surface area contributed by atoms with Crippen LogP contribution in [0.15, 0.2) is 0 Å². The van der Waals surface area contributed by atoms with Crippen LogP contribution in [-0.4, -0.2) is 66.6 Å². The van der Waals surface area contributed by atoms with Gasteiger partial charge >= 0.3 is 5.97 Å². The molecular weight excluding hydrogens is 404 g/mol. The minimum absolute atomic E-state index is 0.0982. The molecule has 3 atom stereocenters. The van der Waals surface area contributed by atoms with Gasteiger partial charge in [0.1, 0.15) is 18.6 Å². The van der Waals surface area contributed by atoms with Gasteiger partial charge in [-0.15, -0.1) is 0 Å². The number of amides is 3. The van der Waals surface area contributed by atoms with E-state index in [0.29, 0.717) is 51.6 Å². The standard InChI is InChI=1S/C20H40N6O5/c1-13(2)11-16(26-18(29)14(23)7-3-5-9-21)20(31)25-15(8-4-6-10-22)19(30)24-12-17(27)28/h13-16H,3-12,21-23H2,1-2H3,(H,24,30)(H,25,31)(H,26,29)(H,27,28). The van der Waals surface area contributed by atoms with Gasteiger partial charge in [-0.3, -0.25) is 19.2 Å². The minimum atomic E-state index is -1.19. The minimum Gasteiger partial charge on any atom is -0.480 e. The molecule has 11 heteroatoms. The Kier molecular flexibility index (Phi) is 15.3. The zero-order valence-corrected chi connectivity index (χ0v) is 18.7. The van der Waals surface area contributed by atoms with Crippen molar-refractivity contribution in [1.29, 1.82) is 0 Å². The van der Waals surface area contributed by atoms with Crippen molar-refractivity contribution in [3.05, 3.63) is 0 Å². The molecule has 180 valence electrons. The van der Waals surface area contributed by atoms with Crippen LogP contribution in [0.3, 0.4) is 0 Å². The van der Waals surface area contributed by atoms with Crippen molar-refractivity contribution >= 4 is 23.7 Å². The maximum Gasteiger partial charge on any atom is 0.322 e. The van der Waals surface area contributed by atoms with Crippen molar-refractivity contribution in [3.63, 3.8) is 0 Å². The zero-order valence-electron chi connectivity index (χ0n) is 18.7. The number of hydrogen-bond acceptors (Lipinski definition) is 7. The first-order chi connectivity index (χ1) is 14.6. The Morgan fingerprint density at radius 2 is 1.35 bits per heavy atom. The number of nitrogens with two attached hydrogens (primary N) is 3. The number of carboxylic acid groups (broad SMARTS) is 1. The van der Waals surface area contributed by atoms with E-state index in [1.165, 1.54) is 0 Å². The molecule has 0 fully saturated rings. The molecule has 0 heterocycles. The van der Waals surface area contributed by atoms with E-state index >= 15 is 0 Å². The molecule has 0 aliphatic rings. The number of carbonyl (C=O) groups excluding carboxylic acids is 3. The second-order valence-electron chi connectivity index (χ2n) is 8.04. The van der Waals surface area contributed by atoms with Gasteiger partial charge in [-0.1, -0.05) is 20.3 Å². The summed E-state index contributed by atoms with van der Waals surface area (Å²) in [5.74, 6) is -2.64. The molecule has 11 nitrogen and oxygen atoms in total. The molecule has 0 aromatic rings. The fraction of sp³-hybridized carbons (Fsp3) is 0.800. The van der Waals surface area contributed by atoms with Crippen molar-refractivity contribution in [3.8, 4) is 0 Å². The highest BCUT2D eigenvalue weighted by molar-refractivity contribution is 5.93. The molecule has 31 heavy (non-hydrogen) atoms. The third-order valence-corrected chi connectivity index (χ3v) is 4.64. The summed E-state index contributed by atoms with van der Waals surface area (Å²) in [6.45, 7) is 4.22. The molecule has 0 spiro atoms. The lowest BCUT2D eigenvalue weighted by Crippen LogP contribution is -2.56. The first kappa shape index (κ1) is 28.8. The average molecular weight is 445 g/mol. The topological polar surface area (TPSA) is 203 Å². The molecule has 3 amide bonds. The first-order valence-electron chi connectivity index (χ1n) is 10.9. The molecule has 0 rings (SSSR count). The predicted molar refractivity (Wildman–Crippen MR) is 118 cm³/mol. The number of unbranched alkanes of at least 4 members (excludes halogenated alkanes) is 2. The number of rotatable bonds is 17. The van der Waals surface area contributed by atoms with Gasteiger partial charge in [0, 0.05) is 0 Å². The Hall–Kier alpha value is -2.24. The van der Waals surface area contributed by atoms with Crippen LogP contribution in [-0.2, 0) is 19.2 Å². The molecule has 10 N–H and O–H groups in total. The van der Waals surface area contributed by atoms with Crippen molar-refractivity contribution in [1.82, 2.24) is 16.0 Å². The van der Waals surface area contributed by atoms with Crippen molar-refractivity contribution in [2.45, 2.75) is 76.9 Å². The number of hydrogen-bond donors (Lipinski definition) is 7. The lowest BCUT2D eigenvalue weighted by Gasteiger charge is -2.25. The summed E-state index contributed by atoms with van der Waals surface area (Å²) in [6.07, 6.45) is 3.82. The highest BCUT2D eigenvalue weighted by Gasteiger charge is 2.28. The third-order valence-electron chi connectivity index (χ3n) is 4.64. The largest absolute Gasteiger partial charge is 0.480 e. The number of aliphatic carboxylic acids is 1. The second kappa shape index (κ2) is 16.5. The molecule has 0 aliphatic heterocycles. The zero-order chi connectivity index (χ0) is 23.8. The molecule has 0 saturated heterocycles. The quantitative estimate of drug-likeness (QED) is 0.135. The summed E-state index contributed by atoms with van der Waals surface area (Å²) in [5, 5.41) is 16.4. The van der Waals surface area contributed by atoms with Gasteiger partial charge in [-0.05, 0) is 57.5 Å². The Morgan fingerprint density at radius 1 is 0.806 bits per heavy atom. The van der Waals surface area contributed by atoms with E-state index in [-0.39, 0.29) is 5.92 Å². The smallest absolute Gasteiger partial charge is 0.322 e. The second-order valence-corrected chi connectivity index (χ2v) is 8.04. The van der Waals surface area contributed by atoms with Gasteiger partial charge in [0.2, 0.25) is 17.7 Å². The average Bonchev–Trinajstić information content (AvgIpc) is 2.70. The summed E-state index contributed by atoms with van der Waals surface area (Å²) in [6, 6.07) is -2.55. The van der Waals surface area contributed by atoms with Crippen LogP contribution in [0, 0.1) is 5.92 Å². The van der Waals surface area contributed by atoms with Crippen LogP contribution >= 0.6 is 0 Å². The summed E-state index contributed by atoms with van der Waals surface area (Å²) in [4.78, 5) is 48.4. The van der Waals surface area contributed by atoms with Crippen molar-refractivity contribution in [2.75, 3.05) is 19.6 Å². The highest BCUT2D eigenvalue weighted by atomic mass is 16.4. The van der Waals surface area contributed by atoms with Crippen LogP contribution in [0.1, 0.15) is 58.8 Å². The molecule has 3 unspecified atom stereocenters. The molecule has 0 aromatic heterocycles. The number of nitrogens with one attached hydrogen (secondary N) is 3. The van der Waals surface area contributed by atoms with Gasteiger partial charge < -0.3 is 38.3 Å². The predicted octanol–water partition coefficient (Wildman–Crippen LogP) is -1.21. The van der Waals surface area contributed by atoms with Gasteiger partial charge in [-0.25, -0.2) is 0 Å². The normalized spacial score (nSPS) is 13.9. The van der Waals surface area contributed by atoms with E-state index in [9.17, 15) is 19.2 Å². The lowest BCUT2D eigenvalue weighted by molar-refractivity contribution is -0.138. The van der Waals surface area contributed by atoms with Gasteiger partial charge in [0.15, 0.2) is 0 Å². The molecule has 0 bridgehead atoms. The maximum absolute atomic E-state index is 12.9. The van der Waals surface area contributed by atoms with E-state index < -0.39 is 48.4 Å². The Morgan fingerprint density at radius 3 is 1.87 bits per heavy atom. The molecule has 0 aromatic carbocycles. The first-order valence-corrected chi connectivity index (χ1v) is 10.9. The Bertz CT molecular complexity index is 572. The van der Waals surface area contributed by atoms with Gasteiger partial charge in [0.25, 0.3) is 0 Å². The SMILES string of the molecule is CC(C)CC(NC(=O)C(N)CCCCN)C(=O)NC(CCCCN)C(=O)NCC(=O)O. The van der Waals surface area contributed by atoms with Gasteiger partial charge in [0.05, 0.1) is 6.04 Å². The maximum atomic E-state index is 12.9. The van der Waals surface area contributed by atoms with Gasteiger partial charge in [-0.2, -0.15) is 0 Å². The van der Waals surface area contributed by atoms with Crippen LogP contribution in [0.5, 0.6) is 0 Å². The monoisotopic (exact) mass is 444 g/mol. The Labute approximate surface area is 184 Å². The van der Waals surface area contributed by atoms with Crippen LogP contribution in [0.4, 0.5) is 0 Å².